The van der Waals surface area contributed by atoms with Gasteiger partial charge >= 0.3 is 0 Å². The minimum atomic E-state index is 0.493. The Kier molecular flexibility index (Phi) is 8.31. The van der Waals surface area contributed by atoms with Gasteiger partial charge in [0.05, 0.1) is 0 Å². The number of anilines is 1. The Morgan fingerprint density at radius 3 is 1.90 bits per heavy atom. The summed E-state index contributed by atoms with van der Waals surface area (Å²) in [6.45, 7) is 4.51. The van der Waals surface area contributed by atoms with Crippen molar-refractivity contribution in [3.05, 3.63) is 5.82 Å². The minimum absolute atomic E-state index is 0.493. The third-order valence-corrected chi connectivity index (χ3v) is 3.99. The van der Waals surface area contributed by atoms with Crippen molar-refractivity contribution in [1.82, 2.24) is 14.8 Å². The molecule has 0 radical (unpaired) electrons. The van der Waals surface area contributed by atoms with Crippen LogP contribution in [-0.2, 0) is 7.05 Å². The molecule has 116 valence electrons. The summed E-state index contributed by atoms with van der Waals surface area (Å²) in [5.74, 6) is 1.98. The van der Waals surface area contributed by atoms with E-state index in [4.69, 9.17) is 5.73 Å². The lowest BCUT2D eigenvalue weighted by molar-refractivity contribution is 0.477. The molecule has 0 atom stereocenters. The van der Waals surface area contributed by atoms with Gasteiger partial charge < -0.3 is 5.73 Å². The molecule has 0 saturated carbocycles. The van der Waals surface area contributed by atoms with Gasteiger partial charge in [0.2, 0.25) is 5.95 Å². The summed E-state index contributed by atoms with van der Waals surface area (Å²) in [6, 6.07) is 0. The van der Waals surface area contributed by atoms with Crippen LogP contribution in [0.1, 0.15) is 89.8 Å². The fourth-order valence-electron chi connectivity index (χ4n) is 2.63. The van der Waals surface area contributed by atoms with Crippen LogP contribution in [-0.4, -0.2) is 14.8 Å². The second-order valence-electron chi connectivity index (χ2n) is 5.85. The maximum Gasteiger partial charge on any atom is 0.218 e. The Morgan fingerprint density at radius 2 is 1.50 bits per heavy atom. The lowest BCUT2D eigenvalue weighted by Crippen LogP contribution is -2.03. The molecule has 0 aliphatic rings. The number of nitrogens with two attached hydrogens (primary N) is 1. The summed E-state index contributed by atoms with van der Waals surface area (Å²) in [6.07, 6.45) is 12.9. The smallest absolute Gasteiger partial charge is 0.218 e. The molecule has 0 aromatic carbocycles. The van der Waals surface area contributed by atoms with E-state index in [1.165, 1.54) is 64.2 Å². The van der Waals surface area contributed by atoms with Crippen molar-refractivity contribution in [2.45, 2.75) is 84.0 Å². The quantitative estimate of drug-likeness (QED) is 0.610. The van der Waals surface area contributed by atoms with Crippen LogP contribution in [0.15, 0.2) is 0 Å². The number of aromatic nitrogens is 3. The Morgan fingerprint density at radius 1 is 0.950 bits per heavy atom. The number of hydrogen-bond donors (Lipinski definition) is 1. The first-order valence-corrected chi connectivity index (χ1v) is 8.35. The first-order valence-electron chi connectivity index (χ1n) is 8.35. The maximum atomic E-state index is 5.82. The second-order valence-corrected chi connectivity index (χ2v) is 5.85. The lowest BCUT2D eigenvalue weighted by atomic mass is 9.94. The van der Waals surface area contributed by atoms with E-state index in [9.17, 15) is 0 Å². The average Bonchev–Trinajstić information content (AvgIpc) is 2.77. The van der Waals surface area contributed by atoms with E-state index in [1.807, 2.05) is 7.05 Å². The van der Waals surface area contributed by atoms with Gasteiger partial charge in [-0.05, 0) is 12.8 Å². The number of rotatable bonds is 11. The Balaban J connectivity index is 2.49. The largest absolute Gasteiger partial charge is 0.368 e. The highest BCUT2D eigenvalue weighted by Gasteiger charge is 2.17. The first-order chi connectivity index (χ1) is 9.69. The molecule has 1 aromatic rings. The topological polar surface area (TPSA) is 56.7 Å². The van der Waals surface area contributed by atoms with E-state index in [2.05, 4.69) is 23.9 Å². The van der Waals surface area contributed by atoms with Crippen molar-refractivity contribution < 1.29 is 0 Å². The van der Waals surface area contributed by atoms with Gasteiger partial charge in [0.15, 0.2) is 5.82 Å². The first kappa shape index (κ1) is 17.0. The summed E-state index contributed by atoms with van der Waals surface area (Å²) >= 11 is 0. The van der Waals surface area contributed by atoms with E-state index < -0.39 is 0 Å². The molecule has 4 nitrogen and oxygen atoms in total. The fraction of sp³-hybridized carbons (Fsp3) is 0.875. The van der Waals surface area contributed by atoms with Gasteiger partial charge in [-0.25, -0.2) is 4.68 Å². The SMILES string of the molecule is CCCCCCC(CCCCCC)c1nc(N)n(C)n1. The van der Waals surface area contributed by atoms with Crippen LogP contribution < -0.4 is 5.73 Å². The molecule has 1 heterocycles. The molecule has 0 aliphatic carbocycles. The number of hydrogen-bond acceptors (Lipinski definition) is 3. The molecule has 1 aromatic heterocycles. The fourth-order valence-corrected chi connectivity index (χ4v) is 2.63. The molecule has 4 heteroatoms. The maximum absolute atomic E-state index is 5.82. The molecule has 0 bridgehead atoms. The Labute approximate surface area is 124 Å². The third kappa shape index (κ3) is 5.93. The highest BCUT2D eigenvalue weighted by Crippen LogP contribution is 2.26. The molecule has 20 heavy (non-hydrogen) atoms. The van der Waals surface area contributed by atoms with E-state index in [-0.39, 0.29) is 0 Å². The van der Waals surface area contributed by atoms with Crippen LogP contribution in [0.4, 0.5) is 5.95 Å². The highest BCUT2D eigenvalue weighted by molar-refractivity contribution is 5.17. The van der Waals surface area contributed by atoms with Crippen molar-refractivity contribution in [3.8, 4) is 0 Å². The molecule has 0 aliphatic heterocycles. The molecule has 2 N–H and O–H groups in total. The minimum Gasteiger partial charge on any atom is -0.368 e. The lowest BCUT2D eigenvalue weighted by Gasteiger charge is -2.13. The van der Waals surface area contributed by atoms with Gasteiger partial charge in [-0.3, -0.25) is 0 Å². The zero-order chi connectivity index (χ0) is 14.8. The predicted molar refractivity (Wildman–Crippen MR) is 85.7 cm³/mol. The van der Waals surface area contributed by atoms with E-state index in [0.717, 1.165) is 5.82 Å². The zero-order valence-corrected chi connectivity index (χ0v) is 13.6. The molecule has 1 rings (SSSR count). The van der Waals surface area contributed by atoms with Gasteiger partial charge in [0.25, 0.3) is 0 Å². The molecule has 0 unspecified atom stereocenters. The van der Waals surface area contributed by atoms with Crippen molar-refractivity contribution in [2.75, 3.05) is 5.73 Å². The summed E-state index contributed by atoms with van der Waals surface area (Å²) in [5.41, 5.74) is 5.82. The highest BCUT2D eigenvalue weighted by atomic mass is 15.4. The van der Waals surface area contributed by atoms with Crippen LogP contribution in [0, 0.1) is 0 Å². The van der Waals surface area contributed by atoms with Crippen LogP contribution in [0.25, 0.3) is 0 Å². The van der Waals surface area contributed by atoms with E-state index >= 15 is 0 Å². The van der Waals surface area contributed by atoms with Crippen molar-refractivity contribution in [1.29, 1.82) is 0 Å². The van der Waals surface area contributed by atoms with Crippen LogP contribution >= 0.6 is 0 Å². The van der Waals surface area contributed by atoms with Crippen molar-refractivity contribution in [2.24, 2.45) is 7.05 Å². The summed E-state index contributed by atoms with van der Waals surface area (Å²) in [7, 11) is 1.87. The van der Waals surface area contributed by atoms with Crippen molar-refractivity contribution in [3.63, 3.8) is 0 Å². The van der Waals surface area contributed by atoms with Gasteiger partial charge in [0, 0.05) is 13.0 Å². The van der Waals surface area contributed by atoms with Gasteiger partial charge in [-0.1, -0.05) is 65.2 Å². The second kappa shape index (κ2) is 9.78. The Bertz CT molecular complexity index is 328. The van der Waals surface area contributed by atoms with Crippen LogP contribution in [0.5, 0.6) is 0 Å². The number of aryl methyl sites for hydroxylation is 1. The van der Waals surface area contributed by atoms with Crippen molar-refractivity contribution >= 4 is 5.95 Å². The molecule has 0 saturated heterocycles. The third-order valence-electron chi connectivity index (χ3n) is 3.99. The average molecular weight is 280 g/mol. The molecule has 0 fully saturated rings. The number of nitrogens with zero attached hydrogens (tertiary/aromatic N) is 3. The standard InChI is InChI=1S/C16H32N4/c1-4-6-8-10-12-14(13-11-9-7-5-2)15-18-16(17)20(3)19-15/h14H,4-13H2,1-3H3,(H2,17,18,19). The van der Waals surface area contributed by atoms with Gasteiger partial charge in [0.1, 0.15) is 0 Å². The van der Waals surface area contributed by atoms with Crippen LogP contribution in [0.2, 0.25) is 0 Å². The normalized spacial score (nSPS) is 11.4. The monoisotopic (exact) mass is 280 g/mol. The summed E-state index contributed by atoms with van der Waals surface area (Å²) in [4.78, 5) is 4.44. The Hall–Kier alpha value is -1.06. The predicted octanol–water partition coefficient (Wildman–Crippen LogP) is 4.42. The van der Waals surface area contributed by atoms with Gasteiger partial charge in [-0.15, -0.1) is 0 Å². The number of unbranched alkanes of at least 4 members (excludes halogenated alkanes) is 6. The molecule has 0 amide bonds. The van der Waals surface area contributed by atoms with E-state index in [0.29, 0.717) is 11.9 Å². The van der Waals surface area contributed by atoms with Gasteiger partial charge in [-0.2, -0.15) is 10.1 Å². The summed E-state index contributed by atoms with van der Waals surface area (Å²) in [5, 5.41) is 4.49. The molecule has 0 spiro atoms. The number of nitrogen functional groups attached to an aromatic ring is 1. The molecular formula is C16H32N4. The summed E-state index contributed by atoms with van der Waals surface area (Å²) < 4.78 is 1.69. The molecular weight excluding hydrogens is 248 g/mol. The zero-order valence-electron chi connectivity index (χ0n) is 13.6. The van der Waals surface area contributed by atoms with Crippen LogP contribution in [0.3, 0.4) is 0 Å². The van der Waals surface area contributed by atoms with E-state index in [1.54, 1.807) is 4.68 Å².